The van der Waals surface area contributed by atoms with E-state index >= 15 is 0 Å². The lowest BCUT2D eigenvalue weighted by Crippen LogP contribution is -2.58. The number of benzene rings is 1. The topological polar surface area (TPSA) is 49.1 Å². The van der Waals surface area contributed by atoms with Crippen molar-refractivity contribution in [2.75, 3.05) is 19.7 Å². The molecule has 0 saturated carbocycles. The van der Waals surface area contributed by atoms with Gasteiger partial charge in [-0.15, -0.1) is 11.3 Å². The molecule has 1 aromatic heterocycles. The largest absolute Gasteiger partial charge is 0.376 e. The van der Waals surface area contributed by atoms with Crippen LogP contribution in [0.4, 0.5) is 0 Å². The van der Waals surface area contributed by atoms with Crippen molar-refractivity contribution < 1.29 is 4.74 Å². The van der Waals surface area contributed by atoms with E-state index in [1.165, 1.54) is 5.56 Å². The number of hydrogen-bond acceptors (Lipinski definition) is 5. The van der Waals surface area contributed by atoms with Gasteiger partial charge in [0.15, 0.2) is 0 Å². The molecule has 148 valence electrons. The zero-order valence-corrected chi connectivity index (χ0v) is 18.0. The minimum absolute atomic E-state index is 0.163. The van der Waals surface area contributed by atoms with Crippen molar-refractivity contribution in [3.05, 3.63) is 50.9 Å². The minimum atomic E-state index is 0.163. The number of aryl methyl sites for hydroxylation is 1. The Morgan fingerprint density at radius 3 is 2.71 bits per heavy atom. The average molecular weight is 416 g/mol. The van der Waals surface area contributed by atoms with Crippen LogP contribution in [-0.2, 0) is 17.7 Å². The Kier molecular flexibility index (Phi) is 5.50. The van der Waals surface area contributed by atoms with Crippen molar-refractivity contribution in [3.8, 4) is 6.07 Å². The molecular weight excluding hydrogens is 390 g/mol. The molecule has 0 amide bonds. The summed E-state index contributed by atoms with van der Waals surface area (Å²) in [6.07, 6.45) is 5.30. The first-order valence-corrected chi connectivity index (χ1v) is 11.0. The fourth-order valence-corrected chi connectivity index (χ4v) is 5.86. The standard InChI is InChI=1S/C22H26ClN3OS/c1-21(2)15-27-20(21)22(8-7-16-3-5-17(11-24)6-4-16)9-10-26(14-22)13-19-25-12-18(23)28-19/h3-6,12,20H,7-10,13-15H2,1-2H3/t20?,22-/m1/s1. The number of ether oxygens (including phenoxy) is 1. The summed E-state index contributed by atoms with van der Waals surface area (Å²) in [4.78, 5) is 6.94. The number of hydrogen-bond donors (Lipinski definition) is 0. The lowest BCUT2D eigenvalue weighted by molar-refractivity contribution is -0.223. The SMILES string of the molecule is CC1(C)COC1[C@]1(CCc2ccc(C#N)cc2)CCN(Cc2ncc(Cl)s2)C1. The van der Waals surface area contributed by atoms with Crippen LogP contribution in [0.1, 0.15) is 42.8 Å². The van der Waals surface area contributed by atoms with E-state index in [4.69, 9.17) is 21.6 Å². The molecule has 0 aliphatic carbocycles. The zero-order valence-electron chi connectivity index (χ0n) is 16.4. The second kappa shape index (κ2) is 7.76. The molecule has 6 heteroatoms. The molecule has 3 heterocycles. The van der Waals surface area contributed by atoms with Gasteiger partial charge in [0.05, 0.1) is 37.1 Å². The maximum Gasteiger partial charge on any atom is 0.113 e. The van der Waals surface area contributed by atoms with Gasteiger partial charge in [-0.1, -0.05) is 37.6 Å². The number of nitriles is 1. The minimum Gasteiger partial charge on any atom is -0.376 e. The molecule has 2 aliphatic rings. The van der Waals surface area contributed by atoms with E-state index in [0.717, 1.165) is 60.4 Å². The first-order chi connectivity index (χ1) is 13.4. The second-order valence-corrected chi connectivity index (χ2v) is 10.6. The molecule has 4 nitrogen and oxygen atoms in total. The van der Waals surface area contributed by atoms with Crippen LogP contribution < -0.4 is 0 Å². The summed E-state index contributed by atoms with van der Waals surface area (Å²) in [5.74, 6) is 0. The highest BCUT2D eigenvalue weighted by Crippen LogP contribution is 2.51. The molecule has 4 rings (SSSR count). The van der Waals surface area contributed by atoms with E-state index in [2.05, 4.69) is 41.9 Å². The molecule has 0 radical (unpaired) electrons. The third-order valence-electron chi connectivity index (χ3n) is 6.23. The molecule has 2 atom stereocenters. The van der Waals surface area contributed by atoms with Crippen LogP contribution in [0.25, 0.3) is 0 Å². The summed E-state index contributed by atoms with van der Waals surface area (Å²) < 4.78 is 6.91. The van der Waals surface area contributed by atoms with Crippen LogP contribution in [0.2, 0.25) is 4.34 Å². The van der Waals surface area contributed by atoms with Crippen LogP contribution in [0, 0.1) is 22.2 Å². The van der Waals surface area contributed by atoms with E-state index in [1.54, 1.807) is 17.5 Å². The van der Waals surface area contributed by atoms with Gasteiger partial charge in [0.25, 0.3) is 0 Å². The zero-order chi connectivity index (χ0) is 19.8. The van der Waals surface area contributed by atoms with E-state index in [-0.39, 0.29) is 10.8 Å². The van der Waals surface area contributed by atoms with Gasteiger partial charge in [0.2, 0.25) is 0 Å². The van der Waals surface area contributed by atoms with E-state index in [0.29, 0.717) is 6.10 Å². The van der Waals surface area contributed by atoms with Crippen LogP contribution in [0.15, 0.2) is 30.5 Å². The number of nitrogens with zero attached hydrogens (tertiary/aromatic N) is 3. The maximum atomic E-state index is 9.01. The van der Waals surface area contributed by atoms with Crippen molar-refractivity contribution in [3.63, 3.8) is 0 Å². The Hall–Kier alpha value is -1.45. The normalized spacial score (nSPS) is 26.7. The van der Waals surface area contributed by atoms with Gasteiger partial charge in [0.1, 0.15) is 9.34 Å². The van der Waals surface area contributed by atoms with E-state index in [9.17, 15) is 0 Å². The Morgan fingerprint density at radius 1 is 1.36 bits per heavy atom. The second-order valence-electron chi connectivity index (χ2n) is 8.87. The quantitative estimate of drug-likeness (QED) is 0.671. The van der Waals surface area contributed by atoms with Crippen LogP contribution in [-0.4, -0.2) is 35.7 Å². The molecule has 2 fully saturated rings. The number of likely N-dealkylation sites (tertiary alicyclic amines) is 1. The Morgan fingerprint density at radius 2 is 2.14 bits per heavy atom. The number of rotatable bonds is 6. The molecule has 2 saturated heterocycles. The van der Waals surface area contributed by atoms with Gasteiger partial charge in [0, 0.05) is 17.4 Å². The summed E-state index contributed by atoms with van der Waals surface area (Å²) in [6, 6.07) is 10.2. The Balaban J connectivity index is 1.48. The highest BCUT2D eigenvalue weighted by molar-refractivity contribution is 7.15. The van der Waals surface area contributed by atoms with Crippen molar-refractivity contribution >= 4 is 22.9 Å². The van der Waals surface area contributed by atoms with Crippen molar-refractivity contribution in [1.29, 1.82) is 5.26 Å². The fourth-order valence-electron chi connectivity index (χ4n) is 4.87. The fraction of sp³-hybridized carbons (Fsp3) is 0.545. The van der Waals surface area contributed by atoms with Crippen molar-refractivity contribution in [1.82, 2.24) is 9.88 Å². The maximum absolute atomic E-state index is 9.01. The lowest BCUT2D eigenvalue weighted by atomic mass is 9.64. The third kappa shape index (κ3) is 3.97. The monoisotopic (exact) mass is 415 g/mol. The number of halogens is 1. The number of thiazole rings is 1. The highest BCUT2D eigenvalue weighted by atomic mass is 35.5. The molecule has 0 N–H and O–H groups in total. The van der Waals surface area contributed by atoms with Gasteiger partial charge in [-0.3, -0.25) is 4.90 Å². The van der Waals surface area contributed by atoms with E-state index in [1.807, 2.05) is 12.1 Å². The van der Waals surface area contributed by atoms with Gasteiger partial charge in [-0.25, -0.2) is 4.98 Å². The number of aromatic nitrogens is 1. The van der Waals surface area contributed by atoms with Gasteiger partial charge in [-0.05, 0) is 43.5 Å². The summed E-state index contributed by atoms with van der Waals surface area (Å²) >= 11 is 7.63. The van der Waals surface area contributed by atoms with Crippen molar-refractivity contribution in [2.45, 2.75) is 45.8 Å². The first-order valence-electron chi connectivity index (χ1n) is 9.83. The highest BCUT2D eigenvalue weighted by Gasteiger charge is 2.55. The molecule has 28 heavy (non-hydrogen) atoms. The molecule has 1 aromatic carbocycles. The van der Waals surface area contributed by atoms with Crippen LogP contribution >= 0.6 is 22.9 Å². The smallest absolute Gasteiger partial charge is 0.113 e. The molecule has 2 aromatic rings. The van der Waals surface area contributed by atoms with Gasteiger partial charge < -0.3 is 4.74 Å². The summed E-state index contributed by atoms with van der Waals surface area (Å²) in [5.41, 5.74) is 2.40. The van der Waals surface area contributed by atoms with Crippen LogP contribution in [0.5, 0.6) is 0 Å². The summed E-state index contributed by atoms with van der Waals surface area (Å²) in [7, 11) is 0. The predicted molar refractivity (Wildman–Crippen MR) is 112 cm³/mol. The third-order valence-corrected chi connectivity index (χ3v) is 7.33. The lowest BCUT2D eigenvalue weighted by Gasteiger charge is -2.54. The Labute approximate surface area is 176 Å². The molecule has 0 spiro atoms. The molecule has 0 bridgehead atoms. The summed E-state index contributed by atoms with van der Waals surface area (Å²) in [5, 5.41) is 10.1. The van der Waals surface area contributed by atoms with Crippen LogP contribution in [0.3, 0.4) is 0 Å². The van der Waals surface area contributed by atoms with Gasteiger partial charge >= 0.3 is 0 Å². The van der Waals surface area contributed by atoms with Crippen molar-refractivity contribution in [2.24, 2.45) is 10.8 Å². The molecular formula is C22H26ClN3OS. The first kappa shape index (κ1) is 19.8. The van der Waals surface area contributed by atoms with Gasteiger partial charge in [-0.2, -0.15) is 5.26 Å². The predicted octanol–water partition coefficient (Wildman–Crippen LogP) is 4.92. The average Bonchev–Trinajstić information content (AvgIpc) is 3.26. The molecule has 1 unspecified atom stereocenters. The Bertz CT molecular complexity index is 873. The van der Waals surface area contributed by atoms with E-state index < -0.39 is 0 Å². The summed E-state index contributed by atoms with van der Waals surface area (Å²) in [6.45, 7) is 8.47. The molecule has 2 aliphatic heterocycles.